The van der Waals surface area contributed by atoms with E-state index < -0.39 is 0 Å². The van der Waals surface area contributed by atoms with Crippen molar-refractivity contribution >= 4 is 11.8 Å². The maximum atomic E-state index is 11.1. The van der Waals surface area contributed by atoms with Crippen molar-refractivity contribution in [2.24, 2.45) is 0 Å². The molecule has 0 unspecified atom stereocenters. The molecular weight excluding hydrogens is 180 g/mol. The number of anilines is 1. The van der Waals surface area contributed by atoms with Crippen LogP contribution in [-0.4, -0.2) is 31.2 Å². The predicted molar refractivity (Wildman–Crippen MR) is 54.1 cm³/mol. The van der Waals surface area contributed by atoms with E-state index in [4.69, 9.17) is 4.74 Å². The lowest BCUT2D eigenvalue weighted by molar-refractivity contribution is -0.141. The number of nitrogens with zero attached hydrogens (tertiary/aromatic N) is 2. The first-order valence-electron chi connectivity index (χ1n) is 4.52. The number of esters is 1. The van der Waals surface area contributed by atoms with Crippen molar-refractivity contribution in [3.05, 3.63) is 24.4 Å². The number of carbonyl (C=O) groups excluding carboxylic acids is 1. The van der Waals surface area contributed by atoms with Gasteiger partial charge in [-0.15, -0.1) is 0 Å². The van der Waals surface area contributed by atoms with E-state index >= 15 is 0 Å². The van der Waals surface area contributed by atoms with Crippen molar-refractivity contribution in [1.29, 1.82) is 0 Å². The monoisotopic (exact) mass is 194 g/mol. The summed E-state index contributed by atoms with van der Waals surface area (Å²) in [6.45, 7) is 2.43. The zero-order chi connectivity index (χ0) is 10.4. The highest BCUT2D eigenvalue weighted by Gasteiger charge is 2.07. The van der Waals surface area contributed by atoms with Crippen molar-refractivity contribution < 1.29 is 9.53 Å². The topological polar surface area (TPSA) is 42.4 Å². The van der Waals surface area contributed by atoms with Crippen molar-refractivity contribution in [3.8, 4) is 0 Å². The maximum Gasteiger partial charge on any atom is 0.325 e. The number of carbonyl (C=O) groups is 1. The van der Waals surface area contributed by atoms with Crippen LogP contribution in [0.2, 0.25) is 0 Å². The smallest absolute Gasteiger partial charge is 0.325 e. The lowest BCUT2D eigenvalue weighted by atomic mass is 10.4. The summed E-state index contributed by atoms with van der Waals surface area (Å²) < 4.78 is 4.83. The first-order valence-corrected chi connectivity index (χ1v) is 4.52. The second kappa shape index (κ2) is 5.21. The van der Waals surface area contributed by atoms with Crippen LogP contribution in [0.3, 0.4) is 0 Å². The average Bonchev–Trinajstić information content (AvgIpc) is 2.19. The maximum absolute atomic E-state index is 11.1. The summed E-state index contributed by atoms with van der Waals surface area (Å²) in [7, 11) is 1.80. The first kappa shape index (κ1) is 10.5. The molecule has 0 bridgehead atoms. The van der Waals surface area contributed by atoms with E-state index in [1.54, 1.807) is 25.1 Å². The molecule has 1 heterocycles. The van der Waals surface area contributed by atoms with Crippen molar-refractivity contribution in [1.82, 2.24) is 4.98 Å². The van der Waals surface area contributed by atoms with E-state index in [1.807, 2.05) is 18.2 Å². The average molecular weight is 194 g/mol. The van der Waals surface area contributed by atoms with Crippen LogP contribution in [-0.2, 0) is 9.53 Å². The third kappa shape index (κ3) is 3.05. The molecule has 0 aliphatic heterocycles. The Morgan fingerprint density at radius 3 is 2.93 bits per heavy atom. The van der Waals surface area contributed by atoms with Crippen LogP contribution in [0.4, 0.5) is 5.82 Å². The van der Waals surface area contributed by atoms with Crippen LogP contribution in [0, 0.1) is 0 Å². The van der Waals surface area contributed by atoms with Crippen molar-refractivity contribution in [2.75, 3.05) is 25.1 Å². The molecule has 4 heteroatoms. The van der Waals surface area contributed by atoms with Gasteiger partial charge in [0, 0.05) is 13.2 Å². The summed E-state index contributed by atoms with van der Waals surface area (Å²) in [5.41, 5.74) is 0. The number of pyridine rings is 1. The summed E-state index contributed by atoms with van der Waals surface area (Å²) in [5, 5.41) is 0. The Balaban J connectivity index is 2.50. The molecule has 0 saturated heterocycles. The van der Waals surface area contributed by atoms with E-state index in [0.29, 0.717) is 6.61 Å². The number of hydrogen-bond donors (Lipinski definition) is 0. The van der Waals surface area contributed by atoms with E-state index in [2.05, 4.69) is 4.98 Å². The van der Waals surface area contributed by atoms with E-state index in [-0.39, 0.29) is 12.5 Å². The lowest BCUT2D eigenvalue weighted by Crippen LogP contribution is -2.27. The van der Waals surface area contributed by atoms with E-state index in [9.17, 15) is 4.79 Å². The summed E-state index contributed by atoms with van der Waals surface area (Å²) in [6.07, 6.45) is 1.69. The van der Waals surface area contributed by atoms with Gasteiger partial charge in [0.1, 0.15) is 12.4 Å². The van der Waals surface area contributed by atoms with Crippen LogP contribution in [0.25, 0.3) is 0 Å². The largest absolute Gasteiger partial charge is 0.465 e. The Morgan fingerprint density at radius 2 is 2.36 bits per heavy atom. The van der Waals surface area contributed by atoms with Gasteiger partial charge in [-0.05, 0) is 19.1 Å². The molecule has 0 radical (unpaired) electrons. The van der Waals surface area contributed by atoms with Crippen LogP contribution in [0.5, 0.6) is 0 Å². The first-order chi connectivity index (χ1) is 6.74. The third-order valence-electron chi connectivity index (χ3n) is 1.71. The molecule has 0 aromatic carbocycles. The zero-order valence-corrected chi connectivity index (χ0v) is 8.43. The van der Waals surface area contributed by atoms with Crippen LogP contribution < -0.4 is 4.90 Å². The van der Waals surface area contributed by atoms with Gasteiger partial charge in [-0.3, -0.25) is 4.79 Å². The fourth-order valence-corrected chi connectivity index (χ4v) is 1.06. The molecule has 76 valence electrons. The van der Waals surface area contributed by atoms with Gasteiger partial charge < -0.3 is 9.64 Å². The van der Waals surface area contributed by atoms with Gasteiger partial charge in [0.15, 0.2) is 0 Å². The normalized spacial score (nSPS) is 9.57. The molecule has 1 aromatic heterocycles. The number of hydrogen-bond acceptors (Lipinski definition) is 4. The highest BCUT2D eigenvalue weighted by molar-refractivity contribution is 5.75. The van der Waals surface area contributed by atoms with Gasteiger partial charge in [-0.2, -0.15) is 0 Å². The fraction of sp³-hybridized carbons (Fsp3) is 0.400. The molecule has 0 N–H and O–H groups in total. The zero-order valence-electron chi connectivity index (χ0n) is 8.43. The third-order valence-corrected chi connectivity index (χ3v) is 1.71. The number of rotatable bonds is 4. The van der Waals surface area contributed by atoms with E-state index in [1.165, 1.54) is 0 Å². The summed E-state index contributed by atoms with van der Waals surface area (Å²) >= 11 is 0. The molecule has 0 amide bonds. The highest BCUT2D eigenvalue weighted by Crippen LogP contribution is 2.05. The Hall–Kier alpha value is -1.58. The van der Waals surface area contributed by atoms with Crippen LogP contribution in [0.1, 0.15) is 6.92 Å². The molecule has 14 heavy (non-hydrogen) atoms. The van der Waals surface area contributed by atoms with Gasteiger partial charge in [-0.1, -0.05) is 6.07 Å². The van der Waals surface area contributed by atoms with Gasteiger partial charge in [0.05, 0.1) is 6.61 Å². The van der Waals surface area contributed by atoms with Crippen LogP contribution in [0.15, 0.2) is 24.4 Å². The van der Waals surface area contributed by atoms with Gasteiger partial charge in [-0.25, -0.2) is 4.98 Å². The van der Waals surface area contributed by atoms with Gasteiger partial charge in [0.2, 0.25) is 0 Å². The number of aromatic nitrogens is 1. The highest BCUT2D eigenvalue weighted by atomic mass is 16.5. The standard InChI is InChI=1S/C10H14N2O2/c1-3-14-10(13)8-12(2)9-6-4-5-7-11-9/h4-7H,3,8H2,1-2H3. The second-order valence-corrected chi connectivity index (χ2v) is 2.85. The molecule has 1 rings (SSSR count). The molecule has 4 nitrogen and oxygen atoms in total. The van der Waals surface area contributed by atoms with Crippen molar-refractivity contribution in [2.45, 2.75) is 6.92 Å². The molecule has 0 fully saturated rings. The predicted octanol–water partition coefficient (Wildman–Crippen LogP) is 1.08. The Bertz CT molecular complexity index is 287. The van der Waals surface area contributed by atoms with Crippen molar-refractivity contribution in [3.63, 3.8) is 0 Å². The SMILES string of the molecule is CCOC(=O)CN(C)c1ccccn1. The summed E-state index contributed by atoms with van der Waals surface area (Å²) in [4.78, 5) is 17.0. The second-order valence-electron chi connectivity index (χ2n) is 2.85. The lowest BCUT2D eigenvalue weighted by Gasteiger charge is -2.16. The minimum absolute atomic E-state index is 0.227. The minimum atomic E-state index is -0.236. The fourth-order valence-electron chi connectivity index (χ4n) is 1.06. The van der Waals surface area contributed by atoms with Gasteiger partial charge >= 0.3 is 5.97 Å². The number of likely N-dealkylation sites (N-methyl/N-ethyl adjacent to an activating group) is 1. The molecule has 1 aromatic rings. The molecule has 0 atom stereocenters. The molecular formula is C10H14N2O2. The Labute approximate surface area is 83.5 Å². The number of ether oxygens (including phenoxy) is 1. The Kier molecular flexibility index (Phi) is 3.91. The summed E-state index contributed by atoms with van der Waals surface area (Å²) in [6, 6.07) is 5.56. The molecule has 0 spiro atoms. The van der Waals surface area contributed by atoms with Gasteiger partial charge in [0.25, 0.3) is 0 Å². The molecule has 0 aliphatic carbocycles. The van der Waals surface area contributed by atoms with Crippen LogP contribution >= 0.6 is 0 Å². The molecule has 0 saturated carbocycles. The quantitative estimate of drug-likeness (QED) is 0.673. The van der Waals surface area contributed by atoms with E-state index in [0.717, 1.165) is 5.82 Å². The minimum Gasteiger partial charge on any atom is -0.465 e. The summed E-state index contributed by atoms with van der Waals surface area (Å²) in [5.74, 6) is 0.529. The Morgan fingerprint density at radius 1 is 1.57 bits per heavy atom. The molecule has 0 aliphatic rings.